The van der Waals surface area contributed by atoms with Gasteiger partial charge in [-0.1, -0.05) is 6.07 Å². The predicted octanol–water partition coefficient (Wildman–Crippen LogP) is 3.04. The third kappa shape index (κ3) is 1.09. The lowest BCUT2D eigenvalue weighted by atomic mass is 10.2. The van der Waals surface area contributed by atoms with Crippen molar-refractivity contribution in [1.29, 1.82) is 0 Å². The molecule has 0 bridgehead atoms. The SMILES string of the molecule is Cc1ccc2c(c1)oc1cc(C=O)[nH]c12. The van der Waals surface area contributed by atoms with E-state index in [2.05, 4.69) is 4.98 Å². The Balaban J connectivity index is 2.45. The third-order valence-electron chi connectivity index (χ3n) is 2.56. The molecule has 0 atom stereocenters. The van der Waals surface area contributed by atoms with Gasteiger partial charge in [0, 0.05) is 11.5 Å². The number of aryl methyl sites for hydroxylation is 1. The zero-order chi connectivity index (χ0) is 10.4. The third-order valence-corrected chi connectivity index (χ3v) is 2.56. The number of carbonyl (C=O) groups excluding carboxylic acids is 1. The van der Waals surface area contributed by atoms with Gasteiger partial charge in [0.25, 0.3) is 0 Å². The average molecular weight is 199 g/mol. The van der Waals surface area contributed by atoms with Crippen molar-refractivity contribution in [3.05, 3.63) is 35.5 Å². The number of furan rings is 1. The number of hydrogen-bond acceptors (Lipinski definition) is 2. The molecule has 15 heavy (non-hydrogen) atoms. The van der Waals surface area contributed by atoms with E-state index in [1.165, 1.54) is 0 Å². The molecule has 2 aromatic heterocycles. The number of nitrogens with one attached hydrogen (secondary N) is 1. The lowest BCUT2D eigenvalue weighted by molar-refractivity contribution is 0.111. The van der Waals surface area contributed by atoms with Gasteiger partial charge in [0.2, 0.25) is 0 Å². The van der Waals surface area contributed by atoms with Crippen molar-refractivity contribution in [2.24, 2.45) is 0 Å². The molecule has 0 aliphatic carbocycles. The molecule has 0 radical (unpaired) electrons. The zero-order valence-electron chi connectivity index (χ0n) is 8.20. The number of carbonyl (C=O) groups is 1. The molecule has 3 rings (SSSR count). The number of fused-ring (bicyclic) bond motifs is 3. The summed E-state index contributed by atoms with van der Waals surface area (Å²) < 4.78 is 5.63. The van der Waals surface area contributed by atoms with E-state index in [4.69, 9.17) is 4.42 Å². The summed E-state index contributed by atoms with van der Waals surface area (Å²) in [5.74, 6) is 0. The van der Waals surface area contributed by atoms with Gasteiger partial charge >= 0.3 is 0 Å². The Bertz CT molecular complexity index is 661. The highest BCUT2D eigenvalue weighted by atomic mass is 16.3. The summed E-state index contributed by atoms with van der Waals surface area (Å²) in [5, 5.41) is 1.02. The molecule has 0 aliphatic heterocycles. The van der Waals surface area contributed by atoms with Crippen molar-refractivity contribution in [3.8, 4) is 0 Å². The van der Waals surface area contributed by atoms with Crippen LogP contribution in [0.5, 0.6) is 0 Å². The van der Waals surface area contributed by atoms with Gasteiger partial charge in [-0.25, -0.2) is 0 Å². The van der Waals surface area contributed by atoms with E-state index in [0.717, 1.165) is 33.9 Å². The Morgan fingerprint density at radius 2 is 2.13 bits per heavy atom. The first-order chi connectivity index (χ1) is 7.28. The normalized spacial score (nSPS) is 11.3. The molecular weight excluding hydrogens is 190 g/mol. The van der Waals surface area contributed by atoms with Crippen LogP contribution in [0.4, 0.5) is 0 Å². The molecule has 3 aromatic rings. The molecule has 0 fully saturated rings. The van der Waals surface area contributed by atoms with E-state index < -0.39 is 0 Å². The maximum atomic E-state index is 10.6. The molecule has 0 unspecified atom stereocenters. The molecule has 0 aliphatic rings. The van der Waals surface area contributed by atoms with Crippen LogP contribution < -0.4 is 0 Å². The van der Waals surface area contributed by atoms with Crippen molar-refractivity contribution in [2.75, 3.05) is 0 Å². The molecule has 3 nitrogen and oxygen atoms in total. The molecule has 0 saturated carbocycles. The Morgan fingerprint density at radius 1 is 1.27 bits per heavy atom. The second-order valence-electron chi connectivity index (χ2n) is 3.68. The van der Waals surface area contributed by atoms with Crippen molar-refractivity contribution in [1.82, 2.24) is 4.98 Å². The molecule has 0 saturated heterocycles. The van der Waals surface area contributed by atoms with Gasteiger partial charge in [0.05, 0.1) is 11.2 Å². The van der Waals surface area contributed by atoms with Crippen molar-refractivity contribution >= 4 is 28.4 Å². The van der Waals surface area contributed by atoms with E-state index in [-0.39, 0.29) is 0 Å². The minimum Gasteiger partial charge on any atom is -0.454 e. The molecule has 1 aromatic carbocycles. The number of aldehydes is 1. The number of hydrogen-bond donors (Lipinski definition) is 1. The fraction of sp³-hybridized carbons (Fsp3) is 0.0833. The zero-order valence-corrected chi connectivity index (χ0v) is 8.20. The van der Waals surface area contributed by atoms with E-state index in [0.29, 0.717) is 5.69 Å². The topological polar surface area (TPSA) is 46.0 Å². The molecule has 1 N–H and O–H groups in total. The Kier molecular flexibility index (Phi) is 1.51. The highest BCUT2D eigenvalue weighted by Crippen LogP contribution is 2.28. The minimum absolute atomic E-state index is 0.547. The first kappa shape index (κ1) is 8.29. The monoisotopic (exact) mass is 199 g/mol. The van der Waals surface area contributed by atoms with Crippen LogP contribution in [-0.2, 0) is 0 Å². The number of benzene rings is 1. The van der Waals surface area contributed by atoms with Crippen LogP contribution in [-0.4, -0.2) is 11.3 Å². The van der Waals surface area contributed by atoms with E-state index in [1.54, 1.807) is 6.07 Å². The number of aromatic nitrogens is 1. The molecule has 2 heterocycles. The summed E-state index contributed by atoms with van der Waals surface area (Å²) in [7, 11) is 0. The molecule has 3 heteroatoms. The summed E-state index contributed by atoms with van der Waals surface area (Å²) in [5.41, 5.74) is 4.19. The first-order valence-electron chi connectivity index (χ1n) is 4.75. The van der Waals surface area contributed by atoms with Crippen LogP contribution in [0.1, 0.15) is 16.1 Å². The first-order valence-corrected chi connectivity index (χ1v) is 4.75. The van der Waals surface area contributed by atoms with Gasteiger partial charge in [0.1, 0.15) is 5.58 Å². The van der Waals surface area contributed by atoms with Gasteiger partial charge < -0.3 is 9.40 Å². The summed E-state index contributed by atoms with van der Waals surface area (Å²) in [4.78, 5) is 13.6. The quantitative estimate of drug-likeness (QED) is 0.612. The second-order valence-corrected chi connectivity index (χ2v) is 3.68. The maximum Gasteiger partial charge on any atom is 0.166 e. The summed E-state index contributed by atoms with van der Waals surface area (Å²) in [6, 6.07) is 7.74. The Labute approximate surface area is 85.7 Å². The van der Waals surface area contributed by atoms with Crippen LogP contribution in [0.2, 0.25) is 0 Å². The molecular formula is C12H9NO2. The fourth-order valence-corrected chi connectivity index (χ4v) is 1.84. The van der Waals surface area contributed by atoms with Gasteiger partial charge in [0.15, 0.2) is 11.9 Å². The summed E-state index contributed by atoms with van der Waals surface area (Å²) in [6.45, 7) is 2.02. The largest absolute Gasteiger partial charge is 0.454 e. The van der Waals surface area contributed by atoms with Crippen LogP contribution in [0.3, 0.4) is 0 Å². The van der Waals surface area contributed by atoms with E-state index >= 15 is 0 Å². The van der Waals surface area contributed by atoms with Crippen LogP contribution in [0.25, 0.3) is 22.1 Å². The van der Waals surface area contributed by atoms with Gasteiger partial charge in [-0.05, 0) is 24.6 Å². The van der Waals surface area contributed by atoms with Crippen molar-refractivity contribution in [3.63, 3.8) is 0 Å². The van der Waals surface area contributed by atoms with Crippen LogP contribution in [0.15, 0.2) is 28.7 Å². The highest BCUT2D eigenvalue weighted by molar-refractivity contribution is 6.04. The lowest BCUT2D eigenvalue weighted by Gasteiger charge is -1.91. The smallest absolute Gasteiger partial charge is 0.166 e. The van der Waals surface area contributed by atoms with Gasteiger partial charge in [-0.15, -0.1) is 0 Å². The van der Waals surface area contributed by atoms with Gasteiger partial charge in [-0.3, -0.25) is 4.79 Å². The lowest BCUT2D eigenvalue weighted by Crippen LogP contribution is -1.76. The fourth-order valence-electron chi connectivity index (χ4n) is 1.84. The molecule has 0 amide bonds. The summed E-state index contributed by atoms with van der Waals surface area (Å²) in [6.07, 6.45) is 0.787. The van der Waals surface area contributed by atoms with E-state index in [9.17, 15) is 4.79 Å². The van der Waals surface area contributed by atoms with Crippen molar-refractivity contribution in [2.45, 2.75) is 6.92 Å². The number of H-pyrrole nitrogens is 1. The Morgan fingerprint density at radius 3 is 2.93 bits per heavy atom. The number of rotatable bonds is 1. The minimum atomic E-state index is 0.547. The van der Waals surface area contributed by atoms with Crippen LogP contribution >= 0.6 is 0 Å². The van der Waals surface area contributed by atoms with Crippen LogP contribution in [0, 0.1) is 6.92 Å². The predicted molar refractivity (Wildman–Crippen MR) is 58.2 cm³/mol. The molecule has 74 valence electrons. The Hall–Kier alpha value is -2.03. The second kappa shape index (κ2) is 2.73. The van der Waals surface area contributed by atoms with Gasteiger partial charge in [-0.2, -0.15) is 0 Å². The molecule has 0 spiro atoms. The van der Waals surface area contributed by atoms with E-state index in [1.807, 2.05) is 25.1 Å². The standard InChI is InChI=1S/C12H9NO2/c1-7-2-3-9-10(4-7)15-11-5-8(6-14)13-12(9)11/h2-6,13H,1H3. The summed E-state index contributed by atoms with van der Waals surface area (Å²) >= 11 is 0. The average Bonchev–Trinajstić information content (AvgIpc) is 2.73. The highest BCUT2D eigenvalue weighted by Gasteiger charge is 2.09. The van der Waals surface area contributed by atoms with Crippen molar-refractivity contribution < 1.29 is 9.21 Å². The maximum absolute atomic E-state index is 10.6. The number of aromatic amines is 1.